The van der Waals surface area contributed by atoms with Gasteiger partial charge in [0, 0.05) is 40.3 Å². The number of pyridine rings is 2. The molecule has 4 aromatic heterocycles. The first-order chi connectivity index (χ1) is 15.2. The Balaban J connectivity index is 1.62. The predicted molar refractivity (Wildman–Crippen MR) is 125 cm³/mol. The van der Waals surface area contributed by atoms with E-state index in [1.165, 1.54) is 5.57 Å². The Bertz CT molecular complexity index is 1340. The van der Waals surface area contributed by atoms with E-state index in [0.29, 0.717) is 5.92 Å². The first kappa shape index (κ1) is 19.5. The minimum atomic E-state index is 0.512. The summed E-state index contributed by atoms with van der Waals surface area (Å²) in [7, 11) is 0. The summed E-state index contributed by atoms with van der Waals surface area (Å²) < 4.78 is 0. The number of nitrogens with zero attached hydrogens (tertiary/aromatic N) is 3. The Labute approximate surface area is 180 Å². The lowest BCUT2D eigenvalue weighted by Gasteiger charge is -2.22. The maximum Gasteiger partial charge on any atom is 0.116 e. The topological polar surface area (TPSA) is 82.3 Å². The quantitative estimate of drug-likeness (QED) is 0.483. The molecule has 5 heterocycles. The van der Waals surface area contributed by atoms with E-state index in [1.54, 1.807) is 6.20 Å². The summed E-state index contributed by atoms with van der Waals surface area (Å²) in [6.45, 7) is 8.52. The number of H-pyrrole nitrogens is 2. The van der Waals surface area contributed by atoms with Crippen molar-refractivity contribution >= 4 is 23.1 Å². The van der Waals surface area contributed by atoms with Gasteiger partial charge >= 0.3 is 0 Å². The second-order valence-electron chi connectivity index (χ2n) is 8.00. The maximum atomic E-state index is 4.65. The third kappa shape index (κ3) is 3.70. The van der Waals surface area contributed by atoms with Crippen molar-refractivity contribution < 1.29 is 0 Å². The van der Waals surface area contributed by atoms with Crippen LogP contribution in [0.25, 0.3) is 45.6 Å². The first-order valence-corrected chi connectivity index (χ1v) is 10.7. The highest BCUT2D eigenvalue weighted by Crippen LogP contribution is 2.30. The molecule has 6 nitrogen and oxygen atoms in total. The predicted octanol–water partition coefficient (Wildman–Crippen LogP) is 3.15. The van der Waals surface area contributed by atoms with Crippen LogP contribution in [0.4, 0.5) is 0 Å². The summed E-state index contributed by atoms with van der Waals surface area (Å²) in [4.78, 5) is 12.2. The SMILES string of the molecule is C=C(/C=c1/c(-c2cc3c(-c4cccnc4)cncc3[nH]2)n[nH]/c1=C/C)C1CCNCC1. The summed E-state index contributed by atoms with van der Waals surface area (Å²) in [5.74, 6) is 0.512. The number of rotatable bonds is 4. The molecule has 6 heteroatoms. The summed E-state index contributed by atoms with van der Waals surface area (Å²) in [5.41, 5.74) is 6.10. The zero-order chi connectivity index (χ0) is 21.2. The molecular formula is C25H26N6. The summed E-state index contributed by atoms with van der Waals surface area (Å²) in [5, 5.41) is 14.4. The molecule has 156 valence electrons. The molecule has 0 unspecified atom stereocenters. The van der Waals surface area contributed by atoms with Gasteiger partial charge in [-0.1, -0.05) is 24.3 Å². The molecule has 1 fully saturated rings. The molecule has 0 aromatic carbocycles. The van der Waals surface area contributed by atoms with Crippen molar-refractivity contribution in [1.29, 1.82) is 0 Å². The van der Waals surface area contributed by atoms with Gasteiger partial charge in [0.15, 0.2) is 0 Å². The lowest BCUT2D eigenvalue weighted by Crippen LogP contribution is -2.29. The number of hydrogen-bond donors (Lipinski definition) is 3. The molecule has 0 bridgehead atoms. The van der Waals surface area contributed by atoms with Crippen LogP contribution in [0.3, 0.4) is 0 Å². The maximum absolute atomic E-state index is 4.65. The second kappa shape index (κ2) is 8.32. The van der Waals surface area contributed by atoms with E-state index >= 15 is 0 Å². The van der Waals surface area contributed by atoms with Crippen molar-refractivity contribution in [2.75, 3.05) is 13.1 Å². The zero-order valence-corrected chi connectivity index (χ0v) is 17.7. The molecule has 1 aliphatic rings. The Morgan fingerprint density at radius 2 is 2.03 bits per heavy atom. The van der Waals surface area contributed by atoms with Gasteiger partial charge in [0.05, 0.1) is 22.8 Å². The number of aromatic nitrogens is 5. The standard InChI is InChI=1S/C25H26N6/c1-3-22-20(11-16(2)17-6-9-26-10-7-17)25(31-30-22)23-12-19-21(14-28-15-24(19)29-23)18-5-4-8-27-13-18/h3-5,8,11-15,17,26,29-30H,2,6-7,9-10H2,1H3/b20-11+,22-3+. The van der Waals surface area contributed by atoms with Gasteiger partial charge in [-0.2, -0.15) is 5.10 Å². The lowest BCUT2D eigenvalue weighted by atomic mass is 9.90. The van der Waals surface area contributed by atoms with Crippen LogP contribution in [-0.4, -0.2) is 38.2 Å². The zero-order valence-electron chi connectivity index (χ0n) is 17.7. The fraction of sp³-hybridized carbons (Fsp3) is 0.240. The Morgan fingerprint density at radius 3 is 2.81 bits per heavy atom. The van der Waals surface area contributed by atoms with Crippen LogP contribution in [0.5, 0.6) is 0 Å². The molecule has 0 radical (unpaired) electrons. The average molecular weight is 411 g/mol. The molecule has 0 saturated carbocycles. The normalized spacial score (nSPS) is 16.3. The number of hydrogen-bond acceptors (Lipinski definition) is 4. The van der Waals surface area contributed by atoms with Crippen LogP contribution in [0.1, 0.15) is 19.8 Å². The van der Waals surface area contributed by atoms with Gasteiger partial charge in [0.2, 0.25) is 0 Å². The monoisotopic (exact) mass is 410 g/mol. The van der Waals surface area contributed by atoms with Crippen molar-refractivity contribution in [1.82, 2.24) is 30.5 Å². The Kier molecular flexibility index (Phi) is 5.22. The van der Waals surface area contributed by atoms with Gasteiger partial charge in [-0.15, -0.1) is 0 Å². The van der Waals surface area contributed by atoms with Crippen molar-refractivity contribution in [3.63, 3.8) is 0 Å². The summed E-state index contributed by atoms with van der Waals surface area (Å²) in [6.07, 6.45) is 13.9. The van der Waals surface area contributed by atoms with Gasteiger partial charge < -0.3 is 10.3 Å². The molecule has 5 rings (SSSR count). The fourth-order valence-corrected chi connectivity index (χ4v) is 4.36. The molecule has 31 heavy (non-hydrogen) atoms. The van der Waals surface area contributed by atoms with Crippen LogP contribution in [0.15, 0.2) is 55.1 Å². The molecule has 0 atom stereocenters. The van der Waals surface area contributed by atoms with Crippen LogP contribution < -0.4 is 15.9 Å². The van der Waals surface area contributed by atoms with E-state index in [0.717, 1.165) is 69.9 Å². The molecule has 1 aliphatic heterocycles. The van der Waals surface area contributed by atoms with Crippen LogP contribution in [-0.2, 0) is 0 Å². The molecule has 0 spiro atoms. The number of nitrogens with one attached hydrogen (secondary N) is 3. The highest BCUT2D eigenvalue weighted by atomic mass is 15.1. The first-order valence-electron chi connectivity index (χ1n) is 10.7. The average Bonchev–Trinajstić information content (AvgIpc) is 3.43. The van der Waals surface area contributed by atoms with Crippen molar-refractivity contribution in [2.24, 2.45) is 5.92 Å². The van der Waals surface area contributed by atoms with E-state index < -0.39 is 0 Å². The number of aromatic amines is 2. The van der Waals surface area contributed by atoms with Gasteiger partial charge in [-0.05, 0) is 57.0 Å². The largest absolute Gasteiger partial charge is 0.352 e. The molecule has 0 aliphatic carbocycles. The Hall–Kier alpha value is -3.51. The van der Waals surface area contributed by atoms with Crippen molar-refractivity contribution in [3.8, 4) is 22.5 Å². The van der Waals surface area contributed by atoms with Gasteiger partial charge in [0.25, 0.3) is 0 Å². The van der Waals surface area contributed by atoms with Gasteiger partial charge in [0.1, 0.15) is 5.69 Å². The third-order valence-electron chi connectivity index (χ3n) is 6.09. The minimum absolute atomic E-state index is 0.512. The Morgan fingerprint density at radius 1 is 1.16 bits per heavy atom. The molecule has 3 N–H and O–H groups in total. The van der Waals surface area contributed by atoms with E-state index in [9.17, 15) is 0 Å². The summed E-state index contributed by atoms with van der Waals surface area (Å²) >= 11 is 0. The lowest BCUT2D eigenvalue weighted by molar-refractivity contribution is 0.428. The fourth-order valence-electron chi connectivity index (χ4n) is 4.36. The molecule has 1 saturated heterocycles. The highest BCUT2D eigenvalue weighted by molar-refractivity contribution is 5.97. The smallest absolute Gasteiger partial charge is 0.116 e. The van der Waals surface area contributed by atoms with Crippen molar-refractivity contribution in [3.05, 3.63) is 65.7 Å². The molecular weight excluding hydrogens is 384 g/mol. The van der Waals surface area contributed by atoms with E-state index in [-0.39, 0.29) is 0 Å². The van der Waals surface area contributed by atoms with Gasteiger partial charge in [-0.3, -0.25) is 15.1 Å². The van der Waals surface area contributed by atoms with Crippen LogP contribution >= 0.6 is 0 Å². The number of fused-ring (bicyclic) bond motifs is 1. The van der Waals surface area contributed by atoms with Crippen LogP contribution in [0, 0.1) is 5.92 Å². The van der Waals surface area contributed by atoms with E-state index in [4.69, 9.17) is 0 Å². The highest BCUT2D eigenvalue weighted by Gasteiger charge is 2.16. The van der Waals surface area contributed by atoms with E-state index in [1.807, 2.05) is 31.6 Å². The van der Waals surface area contributed by atoms with Crippen molar-refractivity contribution in [2.45, 2.75) is 19.8 Å². The molecule has 4 aromatic rings. The van der Waals surface area contributed by atoms with Gasteiger partial charge in [-0.25, -0.2) is 0 Å². The number of allylic oxidation sites excluding steroid dienone is 1. The number of piperidine rings is 1. The summed E-state index contributed by atoms with van der Waals surface area (Å²) in [6, 6.07) is 6.15. The minimum Gasteiger partial charge on any atom is -0.352 e. The third-order valence-corrected chi connectivity index (χ3v) is 6.09. The van der Waals surface area contributed by atoms with E-state index in [2.05, 4.69) is 61.3 Å². The van der Waals surface area contributed by atoms with Crippen LogP contribution in [0.2, 0.25) is 0 Å². The molecule has 0 amide bonds. The second-order valence-corrected chi connectivity index (χ2v) is 8.00.